The van der Waals surface area contributed by atoms with Gasteiger partial charge in [-0.15, -0.1) is 0 Å². The third-order valence-electron chi connectivity index (χ3n) is 2.46. The van der Waals surface area contributed by atoms with Crippen molar-refractivity contribution in [2.24, 2.45) is 11.7 Å². The van der Waals surface area contributed by atoms with Crippen molar-refractivity contribution in [2.45, 2.75) is 6.92 Å². The summed E-state index contributed by atoms with van der Waals surface area (Å²) in [6, 6.07) is 0. The van der Waals surface area contributed by atoms with Crippen molar-refractivity contribution in [2.75, 3.05) is 50.9 Å². The van der Waals surface area contributed by atoms with E-state index in [4.69, 9.17) is 10.5 Å². The zero-order valence-electron chi connectivity index (χ0n) is 9.08. The van der Waals surface area contributed by atoms with Gasteiger partial charge in [0.25, 0.3) is 0 Å². The van der Waals surface area contributed by atoms with Crippen LogP contribution in [0.2, 0.25) is 0 Å². The first kappa shape index (κ1) is 12.3. The summed E-state index contributed by atoms with van der Waals surface area (Å²) in [6.07, 6.45) is 0. The zero-order valence-corrected chi connectivity index (χ0v) is 9.89. The van der Waals surface area contributed by atoms with E-state index in [0.29, 0.717) is 5.92 Å². The van der Waals surface area contributed by atoms with Crippen molar-refractivity contribution < 1.29 is 4.74 Å². The maximum absolute atomic E-state index is 5.56. The quantitative estimate of drug-likeness (QED) is 0.664. The van der Waals surface area contributed by atoms with Crippen LogP contribution < -0.4 is 5.73 Å². The van der Waals surface area contributed by atoms with Gasteiger partial charge in [0.2, 0.25) is 0 Å². The van der Waals surface area contributed by atoms with Crippen LogP contribution in [0.1, 0.15) is 6.92 Å². The van der Waals surface area contributed by atoms with E-state index in [1.807, 2.05) is 11.8 Å². The molecule has 1 saturated heterocycles. The largest absolute Gasteiger partial charge is 0.379 e. The van der Waals surface area contributed by atoms with Gasteiger partial charge < -0.3 is 10.5 Å². The molecule has 1 unspecified atom stereocenters. The Balaban J connectivity index is 1.92. The Morgan fingerprint density at radius 3 is 2.79 bits per heavy atom. The summed E-state index contributed by atoms with van der Waals surface area (Å²) >= 11 is 2.02. The average molecular weight is 218 g/mol. The Hall–Kier alpha value is 0.230. The number of ether oxygens (including phenoxy) is 1. The highest BCUT2D eigenvalue weighted by Crippen LogP contribution is 2.08. The number of nitrogens with zero attached hydrogens (tertiary/aromatic N) is 1. The lowest BCUT2D eigenvalue weighted by Crippen LogP contribution is -2.37. The highest BCUT2D eigenvalue weighted by atomic mass is 32.2. The van der Waals surface area contributed by atoms with Gasteiger partial charge in [-0.25, -0.2) is 0 Å². The lowest BCUT2D eigenvalue weighted by Gasteiger charge is -2.26. The van der Waals surface area contributed by atoms with Crippen LogP contribution in [0.3, 0.4) is 0 Å². The summed E-state index contributed by atoms with van der Waals surface area (Å²) < 4.78 is 5.30. The van der Waals surface area contributed by atoms with Crippen LogP contribution in [0.5, 0.6) is 0 Å². The van der Waals surface area contributed by atoms with E-state index in [2.05, 4.69) is 11.8 Å². The monoisotopic (exact) mass is 218 g/mol. The summed E-state index contributed by atoms with van der Waals surface area (Å²) in [5.74, 6) is 3.08. The van der Waals surface area contributed by atoms with Gasteiger partial charge in [-0.3, -0.25) is 4.90 Å². The third kappa shape index (κ3) is 5.20. The smallest absolute Gasteiger partial charge is 0.0594 e. The lowest BCUT2D eigenvalue weighted by molar-refractivity contribution is 0.0410. The average Bonchev–Trinajstić information content (AvgIpc) is 2.25. The molecule has 1 aliphatic heterocycles. The van der Waals surface area contributed by atoms with E-state index in [-0.39, 0.29) is 0 Å². The number of nitrogens with two attached hydrogens (primary N) is 1. The summed E-state index contributed by atoms with van der Waals surface area (Å²) in [7, 11) is 0. The lowest BCUT2D eigenvalue weighted by atomic mass is 10.2. The highest BCUT2D eigenvalue weighted by molar-refractivity contribution is 7.99. The molecular formula is C10H22N2OS. The molecule has 4 heteroatoms. The molecule has 1 rings (SSSR count). The van der Waals surface area contributed by atoms with Crippen molar-refractivity contribution in [3.05, 3.63) is 0 Å². The summed E-state index contributed by atoms with van der Waals surface area (Å²) in [4.78, 5) is 2.48. The Morgan fingerprint density at radius 2 is 2.14 bits per heavy atom. The van der Waals surface area contributed by atoms with E-state index < -0.39 is 0 Å². The molecule has 0 aromatic heterocycles. The van der Waals surface area contributed by atoms with Crippen LogP contribution in [0.25, 0.3) is 0 Å². The van der Waals surface area contributed by atoms with E-state index in [9.17, 15) is 0 Å². The van der Waals surface area contributed by atoms with E-state index >= 15 is 0 Å². The van der Waals surface area contributed by atoms with Crippen LogP contribution in [-0.4, -0.2) is 55.8 Å². The van der Waals surface area contributed by atoms with Gasteiger partial charge in [-0.05, 0) is 18.2 Å². The molecule has 3 nitrogen and oxygen atoms in total. The molecule has 0 amide bonds. The normalized spacial score (nSPS) is 21.0. The molecule has 0 aliphatic carbocycles. The third-order valence-corrected chi connectivity index (χ3v) is 3.74. The standard InChI is InChI=1S/C10H22N2OS/c1-10(8-11)9-14-7-4-12-2-5-13-6-3-12/h10H,2-9,11H2,1H3. The molecular weight excluding hydrogens is 196 g/mol. The molecule has 1 aliphatic rings. The Kier molecular flexibility index (Phi) is 6.60. The van der Waals surface area contributed by atoms with Gasteiger partial charge in [-0.1, -0.05) is 6.92 Å². The van der Waals surface area contributed by atoms with Crippen LogP contribution >= 0.6 is 11.8 Å². The maximum atomic E-state index is 5.56. The van der Waals surface area contributed by atoms with Gasteiger partial charge in [0.05, 0.1) is 13.2 Å². The minimum atomic E-state index is 0.657. The Bertz CT molecular complexity index is 140. The van der Waals surface area contributed by atoms with Gasteiger partial charge in [0.1, 0.15) is 0 Å². The van der Waals surface area contributed by atoms with Gasteiger partial charge in [0.15, 0.2) is 0 Å². The van der Waals surface area contributed by atoms with Crippen molar-refractivity contribution in [1.82, 2.24) is 4.90 Å². The Morgan fingerprint density at radius 1 is 1.43 bits per heavy atom. The van der Waals surface area contributed by atoms with Gasteiger partial charge in [0, 0.05) is 25.4 Å². The molecule has 0 aromatic carbocycles. The topological polar surface area (TPSA) is 38.5 Å². The second-order valence-electron chi connectivity index (χ2n) is 3.87. The first-order valence-corrected chi connectivity index (χ1v) is 6.56. The minimum absolute atomic E-state index is 0.657. The van der Waals surface area contributed by atoms with Crippen molar-refractivity contribution in [3.8, 4) is 0 Å². The first-order chi connectivity index (χ1) is 6.83. The molecule has 1 fully saturated rings. The number of thioether (sulfide) groups is 1. The van der Waals surface area contributed by atoms with E-state index in [0.717, 1.165) is 32.8 Å². The summed E-state index contributed by atoms with van der Waals surface area (Å²) in [5, 5.41) is 0. The first-order valence-electron chi connectivity index (χ1n) is 5.41. The maximum Gasteiger partial charge on any atom is 0.0594 e. The van der Waals surface area contributed by atoms with Crippen molar-refractivity contribution in [1.29, 1.82) is 0 Å². The molecule has 0 spiro atoms. The molecule has 0 radical (unpaired) electrons. The van der Waals surface area contributed by atoms with E-state index in [1.165, 1.54) is 18.1 Å². The number of hydrogen-bond donors (Lipinski definition) is 1. The fraction of sp³-hybridized carbons (Fsp3) is 1.00. The SMILES string of the molecule is CC(CN)CSCCN1CCOCC1. The second-order valence-corrected chi connectivity index (χ2v) is 5.02. The molecule has 1 atom stereocenters. The summed E-state index contributed by atoms with van der Waals surface area (Å²) in [6.45, 7) is 8.24. The fourth-order valence-corrected chi connectivity index (χ4v) is 2.46. The zero-order chi connectivity index (χ0) is 10.2. The van der Waals surface area contributed by atoms with Crippen molar-refractivity contribution in [3.63, 3.8) is 0 Å². The van der Waals surface area contributed by atoms with Crippen LogP contribution in [-0.2, 0) is 4.74 Å². The molecule has 0 aromatic rings. The number of morpholine rings is 1. The molecule has 0 bridgehead atoms. The number of rotatable bonds is 6. The van der Waals surface area contributed by atoms with Crippen LogP contribution in [0.15, 0.2) is 0 Å². The molecule has 84 valence electrons. The molecule has 1 heterocycles. The molecule has 14 heavy (non-hydrogen) atoms. The fourth-order valence-electron chi connectivity index (χ4n) is 1.37. The number of hydrogen-bond acceptors (Lipinski definition) is 4. The highest BCUT2D eigenvalue weighted by Gasteiger charge is 2.09. The Labute approximate surface area is 91.4 Å². The van der Waals surface area contributed by atoms with Crippen LogP contribution in [0, 0.1) is 5.92 Å². The minimum Gasteiger partial charge on any atom is -0.379 e. The summed E-state index contributed by atoms with van der Waals surface area (Å²) in [5.41, 5.74) is 5.56. The second kappa shape index (κ2) is 7.51. The van der Waals surface area contributed by atoms with Gasteiger partial charge >= 0.3 is 0 Å². The van der Waals surface area contributed by atoms with E-state index in [1.54, 1.807) is 0 Å². The predicted molar refractivity (Wildman–Crippen MR) is 62.8 cm³/mol. The van der Waals surface area contributed by atoms with Crippen molar-refractivity contribution >= 4 is 11.8 Å². The molecule has 2 N–H and O–H groups in total. The molecule has 0 saturated carbocycles. The predicted octanol–water partition coefficient (Wildman–Crippen LogP) is 0.647. The van der Waals surface area contributed by atoms with Crippen LogP contribution in [0.4, 0.5) is 0 Å². The van der Waals surface area contributed by atoms with Gasteiger partial charge in [-0.2, -0.15) is 11.8 Å².